The Morgan fingerprint density at radius 1 is 1.38 bits per heavy atom. The van der Waals surface area contributed by atoms with E-state index in [-0.39, 0.29) is 5.75 Å². The standard InChI is InChI=1S/C10H16N2O2S2/c13-16(14,10-2-1-8-15-10)9-7-12-5-3-11-4-6-12/h1-2,8,11H,3-7,9H2. The Morgan fingerprint density at radius 2 is 2.12 bits per heavy atom. The van der Waals surface area contributed by atoms with Gasteiger partial charge in [0, 0.05) is 32.7 Å². The van der Waals surface area contributed by atoms with Gasteiger partial charge in [-0.25, -0.2) is 8.42 Å². The molecular weight excluding hydrogens is 244 g/mol. The lowest BCUT2D eigenvalue weighted by atomic mass is 10.4. The molecule has 1 aliphatic rings. The predicted molar refractivity (Wildman–Crippen MR) is 65.7 cm³/mol. The van der Waals surface area contributed by atoms with E-state index >= 15 is 0 Å². The smallest absolute Gasteiger partial charge is 0.188 e. The van der Waals surface area contributed by atoms with Gasteiger partial charge in [0.1, 0.15) is 4.21 Å². The fourth-order valence-electron chi connectivity index (χ4n) is 1.73. The average molecular weight is 260 g/mol. The lowest BCUT2D eigenvalue weighted by Crippen LogP contribution is -2.45. The van der Waals surface area contributed by atoms with Gasteiger partial charge in [-0.3, -0.25) is 4.90 Å². The van der Waals surface area contributed by atoms with Crippen molar-refractivity contribution in [1.29, 1.82) is 0 Å². The highest BCUT2D eigenvalue weighted by molar-refractivity contribution is 7.93. The number of hydrogen-bond donors (Lipinski definition) is 1. The van der Waals surface area contributed by atoms with Crippen molar-refractivity contribution < 1.29 is 8.42 Å². The molecule has 4 nitrogen and oxygen atoms in total. The highest BCUT2D eigenvalue weighted by Crippen LogP contribution is 2.17. The number of sulfone groups is 1. The summed E-state index contributed by atoms with van der Waals surface area (Å²) in [5.41, 5.74) is 0. The summed E-state index contributed by atoms with van der Waals surface area (Å²) in [7, 11) is -3.06. The molecule has 0 saturated carbocycles. The van der Waals surface area contributed by atoms with Crippen LogP contribution in [0.5, 0.6) is 0 Å². The maximum absolute atomic E-state index is 11.9. The zero-order chi connectivity index (χ0) is 11.4. The van der Waals surface area contributed by atoms with Crippen LogP contribution in [0, 0.1) is 0 Å². The summed E-state index contributed by atoms with van der Waals surface area (Å²) in [6, 6.07) is 3.46. The Bertz CT molecular complexity index is 408. The third kappa shape index (κ3) is 3.04. The number of hydrogen-bond acceptors (Lipinski definition) is 5. The van der Waals surface area contributed by atoms with Gasteiger partial charge in [-0.15, -0.1) is 11.3 Å². The van der Waals surface area contributed by atoms with E-state index in [0.29, 0.717) is 10.8 Å². The minimum absolute atomic E-state index is 0.230. The van der Waals surface area contributed by atoms with Crippen molar-refractivity contribution in [2.45, 2.75) is 4.21 Å². The first-order valence-electron chi connectivity index (χ1n) is 5.38. The normalized spacial score (nSPS) is 18.8. The first-order valence-corrected chi connectivity index (χ1v) is 7.91. The minimum atomic E-state index is -3.06. The maximum atomic E-state index is 11.9. The second-order valence-electron chi connectivity index (χ2n) is 3.84. The van der Waals surface area contributed by atoms with Crippen LogP contribution in [0.1, 0.15) is 0 Å². The molecule has 0 atom stereocenters. The van der Waals surface area contributed by atoms with Gasteiger partial charge < -0.3 is 5.32 Å². The molecule has 0 aromatic carbocycles. The summed E-state index contributed by atoms with van der Waals surface area (Å²) in [6.45, 7) is 4.44. The van der Waals surface area contributed by atoms with Gasteiger partial charge in [-0.05, 0) is 11.4 Å². The third-order valence-electron chi connectivity index (χ3n) is 2.69. The van der Waals surface area contributed by atoms with E-state index in [2.05, 4.69) is 10.2 Å². The van der Waals surface area contributed by atoms with Crippen LogP contribution in [0.15, 0.2) is 21.7 Å². The Kier molecular flexibility index (Phi) is 3.96. The van der Waals surface area contributed by atoms with E-state index in [4.69, 9.17) is 0 Å². The van der Waals surface area contributed by atoms with Gasteiger partial charge in [0.2, 0.25) is 0 Å². The van der Waals surface area contributed by atoms with Crippen molar-refractivity contribution in [3.63, 3.8) is 0 Å². The van der Waals surface area contributed by atoms with Crippen molar-refractivity contribution >= 4 is 21.2 Å². The maximum Gasteiger partial charge on any atom is 0.188 e. The molecule has 1 aliphatic heterocycles. The molecule has 1 fully saturated rings. The fourth-order valence-corrected chi connectivity index (χ4v) is 4.16. The van der Waals surface area contributed by atoms with Crippen LogP contribution < -0.4 is 5.32 Å². The number of thiophene rings is 1. The molecule has 1 aromatic rings. The molecule has 2 rings (SSSR count). The highest BCUT2D eigenvalue weighted by Gasteiger charge is 2.18. The van der Waals surface area contributed by atoms with Crippen molar-refractivity contribution in [3.05, 3.63) is 17.5 Å². The number of nitrogens with one attached hydrogen (secondary N) is 1. The van der Waals surface area contributed by atoms with Crippen molar-refractivity contribution in [2.24, 2.45) is 0 Å². The molecule has 6 heteroatoms. The first kappa shape index (κ1) is 12.0. The van der Waals surface area contributed by atoms with Gasteiger partial charge in [0.25, 0.3) is 0 Å². The van der Waals surface area contributed by atoms with Crippen LogP contribution in [0.25, 0.3) is 0 Å². The van der Waals surface area contributed by atoms with Gasteiger partial charge in [0.05, 0.1) is 5.75 Å². The van der Waals surface area contributed by atoms with E-state index in [1.54, 1.807) is 17.5 Å². The van der Waals surface area contributed by atoms with E-state index in [1.165, 1.54) is 11.3 Å². The zero-order valence-corrected chi connectivity index (χ0v) is 10.7. The molecule has 0 unspecified atom stereocenters. The molecule has 2 heterocycles. The summed E-state index contributed by atoms with van der Waals surface area (Å²) < 4.78 is 24.3. The Labute approximate surface area is 100 Å². The van der Waals surface area contributed by atoms with Crippen LogP contribution in [0.2, 0.25) is 0 Å². The zero-order valence-electron chi connectivity index (χ0n) is 9.05. The van der Waals surface area contributed by atoms with Crippen LogP contribution in [0.3, 0.4) is 0 Å². The summed E-state index contributed by atoms with van der Waals surface area (Å²) >= 11 is 1.30. The van der Waals surface area contributed by atoms with E-state index in [9.17, 15) is 8.42 Å². The van der Waals surface area contributed by atoms with E-state index in [1.807, 2.05) is 0 Å². The second kappa shape index (κ2) is 5.27. The molecule has 0 bridgehead atoms. The molecule has 1 aromatic heterocycles. The Hall–Kier alpha value is -0.430. The molecule has 0 aliphatic carbocycles. The molecule has 90 valence electrons. The molecule has 0 radical (unpaired) electrons. The van der Waals surface area contributed by atoms with Crippen molar-refractivity contribution in [2.75, 3.05) is 38.5 Å². The highest BCUT2D eigenvalue weighted by atomic mass is 32.2. The molecule has 16 heavy (non-hydrogen) atoms. The third-order valence-corrected chi connectivity index (χ3v) is 5.87. The number of piperazine rings is 1. The van der Waals surface area contributed by atoms with Gasteiger partial charge in [0.15, 0.2) is 9.84 Å². The number of rotatable bonds is 4. The van der Waals surface area contributed by atoms with Crippen molar-refractivity contribution in [3.8, 4) is 0 Å². The topological polar surface area (TPSA) is 49.4 Å². The minimum Gasteiger partial charge on any atom is -0.314 e. The lowest BCUT2D eigenvalue weighted by Gasteiger charge is -2.26. The summed E-state index contributed by atoms with van der Waals surface area (Å²) in [4.78, 5) is 2.20. The first-order chi connectivity index (χ1) is 7.68. The van der Waals surface area contributed by atoms with Crippen LogP contribution in [-0.4, -0.2) is 51.8 Å². The van der Waals surface area contributed by atoms with E-state index < -0.39 is 9.84 Å². The largest absolute Gasteiger partial charge is 0.314 e. The number of nitrogens with zero attached hydrogens (tertiary/aromatic N) is 1. The summed E-state index contributed by atoms with van der Waals surface area (Å²) in [6.07, 6.45) is 0. The molecular formula is C10H16N2O2S2. The molecule has 0 spiro atoms. The van der Waals surface area contributed by atoms with Crippen LogP contribution >= 0.6 is 11.3 Å². The second-order valence-corrected chi connectivity index (χ2v) is 7.13. The Balaban J connectivity index is 1.89. The van der Waals surface area contributed by atoms with Crippen molar-refractivity contribution in [1.82, 2.24) is 10.2 Å². The van der Waals surface area contributed by atoms with Gasteiger partial charge in [-0.1, -0.05) is 6.07 Å². The lowest BCUT2D eigenvalue weighted by molar-refractivity contribution is 0.254. The van der Waals surface area contributed by atoms with Crippen LogP contribution in [-0.2, 0) is 9.84 Å². The quantitative estimate of drug-likeness (QED) is 0.853. The van der Waals surface area contributed by atoms with Crippen LogP contribution in [0.4, 0.5) is 0 Å². The molecule has 1 N–H and O–H groups in total. The Morgan fingerprint density at radius 3 is 2.75 bits per heavy atom. The van der Waals surface area contributed by atoms with Gasteiger partial charge >= 0.3 is 0 Å². The van der Waals surface area contributed by atoms with Gasteiger partial charge in [-0.2, -0.15) is 0 Å². The monoisotopic (exact) mass is 260 g/mol. The summed E-state index contributed by atoms with van der Waals surface area (Å²) in [5.74, 6) is 0.230. The summed E-state index contributed by atoms with van der Waals surface area (Å²) in [5, 5.41) is 5.05. The molecule has 0 amide bonds. The fraction of sp³-hybridized carbons (Fsp3) is 0.600. The van der Waals surface area contributed by atoms with E-state index in [0.717, 1.165) is 26.2 Å². The molecule has 1 saturated heterocycles. The average Bonchev–Trinajstić information content (AvgIpc) is 2.82. The SMILES string of the molecule is O=S(=O)(CCN1CCNCC1)c1cccs1. The predicted octanol–water partition coefficient (Wildman–Crippen LogP) is 0.427.